The summed E-state index contributed by atoms with van der Waals surface area (Å²) in [6.07, 6.45) is 4.46. The quantitative estimate of drug-likeness (QED) is 0.414. The van der Waals surface area contributed by atoms with Crippen molar-refractivity contribution in [1.82, 2.24) is 0 Å². The predicted octanol–water partition coefficient (Wildman–Crippen LogP) is 3.36. The molecule has 3 fully saturated rings. The van der Waals surface area contributed by atoms with Crippen molar-refractivity contribution in [2.24, 2.45) is 22.7 Å². The highest BCUT2D eigenvalue weighted by atomic mass is 19.1. The molecule has 0 radical (unpaired) electrons. The van der Waals surface area contributed by atoms with Gasteiger partial charge in [0.1, 0.15) is 6.10 Å². The smallest absolute Gasteiger partial charge is 0.303 e. The van der Waals surface area contributed by atoms with Crippen LogP contribution in [0.25, 0.3) is 0 Å². The molecule has 36 heavy (non-hydrogen) atoms. The Morgan fingerprint density at radius 3 is 2.33 bits per heavy atom. The van der Waals surface area contributed by atoms with Crippen molar-refractivity contribution in [2.75, 3.05) is 6.61 Å². The highest BCUT2D eigenvalue weighted by Crippen LogP contribution is 2.70. The Bertz CT molecular complexity index is 1090. The third kappa shape index (κ3) is 3.57. The molecule has 0 amide bonds. The second kappa shape index (κ2) is 8.63. The molecule has 0 bridgehead atoms. The number of carbonyl (C=O) groups excluding carboxylic acids is 5. The molecular formula is C27H33FO8. The van der Waals surface area contributed by atoms with E-state index in [2.05, 4.69) is 0 Å². The van der Waals surface area contributed by atoms with Gasteiger partial charge in [0, 0.05) is 37.5 Å². The van der Waals surface area contributed by atoms with Gasteiger partial charge >= 0.3 is 17.9 Å². The van der Waals surface area contributed by atoms with E-state index < -0.39 is 64.4 Å². The fourth-order valence-electron chi connectivity index (χ4n) is 7.70. The van der Waals surface area contributed by atoms with Crippen LogP contribution in [0.4, 0.5) is 4.39 Å². The number of allylic oxidation sites excluding steroid dienone is 4. The van der Waals surface area contributed by atoms with E-state index in [9.17, 15) is 24.0 Å². The molecule has 8 nitrogen and oxygen atoms in total. The number of halogens is 1. The molecule has 3 saturated carbocycles. The number of ether oxygens (including phenoxy) is 3. The molecule has 0 N–H and O–H groups in total. The summed E-state index contributed by atoms with van der Waals surface area (Å²) in [5, 5.41) is 0. The van der Waals surface area contributed by atoms with Gasteiger partial charge in [0.15, 0.2) is 23.7 Å². The highest BCUT2D eigenvalue weighted by Gasteiger charge is 2.76. The summed E-state index contributed by atoms with van der Waals surface area (Å²) in [7, 11) is 0. The fraction of sp³-hybridized carbons (Fsp3) is 0.667. The third-order valence-electron chi connectivity index (χ3n) is 9.22. The van der Waals surface area contributed by atoms with Crippen LogP contribution in [0, 0.1) is 22.7 Å². The van der Waals surface area contributed by atoms with Gasteiger partial charge in [0.25, 0.3) is 0 Å². The average Bonchev–Trinajstić information content (AvgIpc) is 3.05. The summed E-state index contributed by atoms with van der Waals surface area (Å²) in [6.45, 7) is 6.51. The van der Waals surface area contributed by atoms with Crippen LogP contribution >= 0.6 is 0 Å². The second-order valence-corrected chi connectivity index (χ2v) is 11.0. The van der Waals surface area contributed by atoms with Crippen molar-refractivity contribution in [3.8, 4) is 0 Å². The molecule has 4 rings (SSSR count). The van der Waals surface area contributed by atoms with Crippen LogP contribution in [-0.4, -0.2) is 53.5 Å². The first kappa shape index (κ1) is 26.2. The predicted molar refractivity (Wildman–Crippen MR) is 124 cm³/mol. The number of hydrogen-bond acceptors (Lipinski definition) is 8. The first-order valence-electron chi connectivity index (χ1n) is 12.4. The molecule has 0 aliphatic heterocycles. The standard InChI is InChI=1S/C27H33FO8/c1-15(29)34-14-22(33)26(36-17(3)31)11-9-20-21-7-6-18-12-19(32)8-10-24(18,4)27(21,28)23(35-16(2)30)13-25(20,26)5/h8,10,12,20-21,23H,6-7,9,11,13-14H2,1-5H3/t20-,21-,23+,24-,25-,26-,27-/m0/s1. The zero-order valence-electron chi connectivity index (χ0n) is 21.4. The van der Waals surface area contributed by atoms with E-state index in [0.29, 0.717) is 24.8 Å². The number of ketones is 2. The molecular weight excluding hydrogens is 471 g/mol. The summed E-state index contributed by atoms with van der Waals surface area (Å²) in [5.74, 6) is -3.81. The molecule has 0 unspecified atom stereocenters. The molecule has 0 aromatic carbocycles. The van der Waals surface area contributed by atoms with E-state index in [-0.39, 0.29) is 24.5 Å². The second-order valence-electron chi connectivity index (χ2n) is 11.0. The lowest BCUT2D eigenvalue weighted by Crippen LogP contribution is -2.70. The van der Waals surface area contributed by atoms with Crippen LogP contribution < -0.4 is 0 Å². The topological polar surface area (TPSA) is 113 Å². The number of hydrogen-bond donors (Lipinski definition) is 0. The maximum atomic E-state index is 17.7. The monoisotopic (exact) mass is 504 g/mol. The SMILES string of the molecule is CC(=O)OCC(=O)[C@@]1(OC(C)=O)CC[C@H]2[C@@H]3CCC4=CC(=O)C=C[C@]4(C)[C@@]3(F)[C@H](OC(C)=O)C[C@@]21C. The largest absolute Gasteiger partial charge is 0.459 e. The van der Waals surface area contributed by atoms with E-state index in [0.717, 1.165) is 0 Å². The third-order valence-corrected chi connectivity index (χ3v) is 9.22. The molecule has 0 spiro atoms. The number of esters is 3. The van der Waals surface area contributed by atoms with Gasteiger partial charge in [-0.15, -0.1) is 0 Å². The van der Waals surface area contributed by atoms with Crippen LogP contribution in [0.2, 0.25) is 0 Å². The van der Waals surface area contributed by atoms with Crippen molar-refractivity contribution in [1.29, 1.82) is 0 Å². The first-order chi connectivity index (χ1) is 16.7. The van der Waals surface area contributed by atoms with Crippen LogP contribution in [0.1, 0.15) is 66.7 Å². The maximum absolute atomic E-state index is 17.7. The van der Waals surface area contributed by atoms with Crippen LogP contribution in [0.5, 0.6) is 0 Å². The van der Waals surface area contributed by atoms with E-state index in [1.807, 2.05) is 0 Å². The number of alkyl halides is 1. The van der Waals surface area contributed by atoms with Gasteiger partial charge in [-0.2, -0.15) is 0 Å². The Balaban J connectivity index is 1.85. The van der Waals surface area contributed by atoms with Gasteiger partial charge in [0.2, 0.25) is 5.78 Å². The molecule has 9 heteroatoms. The molecule has 196 valence electrons. The lowest BCUT2D eigenvalue weighted by atomic mass is 9.44. The van der Waals surface area contributed by atoms with E-state index >= 15 is 4.39 Å². The molecule has 4 aliphatic rings. The summed E-state index contributed by atoms with van der Waals surface area (Å²) in [5.41, 5.74) is -5.31. The number of carbonyl (C=O) groups is 5. The zero-order valence-corrected chi connectivity index (χ0v) is 21.4. The normalized spacial score (nSPS) is 40.8. The van der Waals surface area contributed by atoms with Crippen molar-refractivity contribution >= 4 is 29.5 Å². The van der Waals surface area contributed by atoms with Gasteiger partial charge in [-0.25, -0.2) is 4.39 Å². The number of Topliss-reactive ketones (excluding diaryl/α,β-unsaturated/α-hetero) is 1. The lowest BCUT2D eigenvalue weighted by Gasteiger charge is -2.63. The van der Waals surface area contributed by atoms with E-state index in [4.69, 9.17) is 14.2 Å². The molecule has 0 aromatic rings. The average molecular weight is 505 g/mol. The number of rotatable bonds is 5. The zero-order chi connectivity index (χ0) is 26.7. The molecule has 4 aliphatic carbocycles. The Morgan fingerprint density at radius 1 is 1.03 bits per heavy atom. The van der Waals surface area contributed by atoms with Crippen LogP contribution in [-0.2, 0) is 38.2 Å². The van der Waals surface area contributed by atoms with Crippen molar-refractivity contribution < 1.29 is 42.6 Å². The van der Waals surface area contributed by atoms with Gasteiger partial charge in [-0.1, -0.05) is 18.6 Å². The molecule has 0 heterocycles. The Morgan fingerprint density at radius 2 is 1.72 bits per heavy atom. The van der Waals surface area contributed by atoms with Crippen molar-refractivity contribution in [3.05, 3.63) is 23.8 Å². The lowest BCUT2D eigenvalue weighted by molar-refractivity contribution is -0.233. The molecule has 0 saturated heterocycles. The maximum Gasteiger partial charge on any atom is 0.303 e. The van der Waals surface area contributed by atoms with Crippen LogP contribution in [0.15, 0.2) is 23.8 Å². The summed E-state index contributed by atoms with van der Waals surface area (Å²) in [6, 6.07) is 0. The number of fused-ring (bicyclic) bond motifs is 5. The Labute approximate surface area is 209 Å². The fourth-order valence-corrected chi connectivity index (χ4v) is 7.70. The van der Waals surface area contributed by atoms with Crippen molar-refractivity contribution in [2.45, 2.75) is 84.1 Å². The summed E-state index contributed by atoms with van der Waals surface area (Å²) in [4.78, 5) is 61.5. The minimum atomic E-state index is -2.05. The molecule has 7 atom stereocenters. The summed E-state index contributed by atoms with van der Waals surface area (Å²) < 4.78 is 34.1. The van der Waals surface area contributed by atoms with E-state index in [1.165, 1.54) is 32.9 Å². The van der Waals surface area contributed by atoms with Gasteiger partial charge in [-0.05, 0) is 57.1 Å². The van der Waals surface area contributed by atoms with E-state index in [1.54, 1.807) is 19.9 Å². The van der Waals surface area contributed by atoms with Gasteiger partial charge in [0.05, 0.1) is 0 Å². The Kier molecular flexibility index (Phi) is 6.29. The Hall–Kier alpha value is -2.84. The van der Waals surface area contributed by atoms with Gasteiger partial charge < -0.3 is 14.2 Å². The summed E-state index contributed by atoms with van der Waals surface area (Å²) >= 11 is 0. The first-order valence-corrected chi connectivity index (χ1v) is 12.4. The molecule has 0 aromatic heterocycles. The minimum absolute atomic E-state index is 0.0754. The van der Waals surface area contributed by atoms with Crippen LogP contribution in [0.3, 0.4) is 0 Å². The highest BCUT2D eigenvalue weighted by molar-refractivity contribution is 6.01. The van der Waals surface area contributed by atoms with Crippen molar-refractivity contribution in [3.63, 3.8) is 0 Å². The van der Waals surface area contributed by atoms with Gasteiger partial charge in [-0.3, -0.25) is 24.0 Å². The minimum Gasteiger partial charge on any atom is -0.459 e.